The van der Waals surface area contributed by atoms with E-state index in [1.807, 2.05) is 21.0 Å². The predicted molar refractivity (Wildman–Crippen MR) is 94.0 cm³/mol. The average molecular weight is 337 g/mol. The molecule has 0 atom stereocenters. The molecule has 0 radical (unpaired) electrons. The molecule has 0 amide bonds. The van der Waals surface area contributed by atoms with Crippen LogP contribution in [0.1, 0.15) is 84.5 Å². The van der Waals surface area contributed by atoms with Gasteiger partial charge >= 0.3 is 10.1 Å². The zero-order valence-corrected chi connectivity index (χ0v) is 16.1. The Labute approximate surface area is 138 Å². The van der Waals surface area contributed by atoms with Gasteiger partial charge in [0.05, 0.1) is 19.8 Å². The summed E-state index contributed by atoms with van der Waals surface area (Å²) in [5.74, 6) is 0.104. The molecule has 0 aromatic carbocycles. The molecule has 4 nitrogen and oxygen atoms in total. The van der Waals surface area contributed by atoms with E-state index in [2.05, 4.69) is 6.92 Å². The summed E-state index contributed by atoms with van der Waals surface area (Å²) in [6, 6.07) is 0. The third-order valence-electron chi connectivity index (χ3n) is 3.82. The van der Waals surface area contributed by atoms with Crippen molar-refractivity contribution in [2.45, 2.75) is 84.5 Å². The van der Waals surface area contributed by atoms with Crippen molar-refractivity contribution in [3.05, 3.63) is 0 Å². The number of hydrogen-bond donors (Lipinski definition) is 0. The molecule has 0 aromatic rings. The topological polar surface area (TPSA) is 43.4 Å². The van der Waals surface area contributed by atoms with Gasteiger partial charge in [0.1, 0.15) is 6.54 Å². The normalized spacial score (nSPS) is 12.7. The zero-order valence-electron chi connectivity index (χ0n) is 15.3. The van der Waals surface area contributed by atoms with Crippen LogP contribution in [-0.4, -0.2) is 39.5 Å². The first-order valence-corrected chi connectivity index (χ1v) is 10.7. The molecule has 0 saturated carbocycles. The summed E-state index contributed by atoms with van der Waals surface area (Å²) < 4.78 is 28.7. The van der Waals surface area contributed by atoms with E-state index >= 15 is 0 Å². The van der Waals surface area contributed by atoms with Crippen LogP contribution < -0.4 is 0 Å². The molecular formula is C17H38NO3S+. The second kappa shape index (κ2) is 12.3. The van der Waals surface area contributed by atoms with E-state index in [0.29, 0.717) is 6.42 Å². The number of hydrogen-bond acceptors (Lipinski definition) is 3. The van der Waals surface area contributed by atoms with Gasteiger partial charge in [0, 0.05) is 0 Å². The molecule has 0 aromatic heterocycles. The van der Waals surface area contributed by atoms with Crippen LogP contribution in [0.5, 0.6) is 0 Å². The fourth-order valence-corrected chi connectivity index (χ4v) is 3.88. The molecule has 22 heavy (non-hydrogen) atoms. The number of nitrogens with zero attached hydrogens (tertiary/aromatic N) is 1. The summed E-state index contributed by atoms with van der Waals surface area (Å²) in [4.78, 5) is 0. The maximum Gasteiger partial charge on any atom is 0.314 e. The highest BCUT2D eigenvalue weighted by Gasteiger charge is 2.25. The zero-order chi connectivity index (χ0) is 16.9. The molecule has 0 aliphatic heterocycles. The Hall–Kier alpha value is -0.130. The first-order valence-electron chi connectivity index (χ1n) is 9.10. The lowest BCUT2D eigenvalue weighted by Gasteiger charge is -2.25. The van der Waals surface area contributed by atoms with Crippen molar-refractivity contribution >= 4 is 10.1 Å². The molecule has 0 unspecified atom stereocenters. The van der Waals surface area contributed by atoms with Gasteiger partial charge in [-0.05, 0) is 19.3 Å². The van der Waals surface area contributed by atoms with E-state index in [1.54, 1.807) is 0 Å². The van der Waals surface area contributed by atoms with Crippen LogP contribution in [0.15, 0.2) is 0 Å². The van der Waals surface area contributed by atoms with Crippen molar-refractivity contribution in [2.24, 2.45) is 0 Å². The van der Waals surface area contributed by atoms with Gasteiger partial charge in [0.15, 0.2) is 0 Å². The summed E-state index contributed by atoms with van der Waals surface area (Å²) in [7, 11) is 0.261. The van der Waals surface area contributed by atoms with Crippen molar-refractivity contribution in [1.29, 1.82) is 0 Å². The first kappa shape index (κ1) is 21.9. The second-order valence-electron chi connectivity index (χ2n) is 6.82. The van der Waals surface area contributed by atoms with Gasteiger partial charge in [-0.15, -0.1) is 0 Å². The maximum atomic E-state index is 11.7. The van der Waals surface area contributed by atoms with Crippen LogP contribution in [0, 0.1) is 0 Å². The Bertz CT molecular complexity index is 353. The molecule has 0 saturated heterocycles. The summed E-state index contributed by atoms with van der Waals surface area (Å²) >= 11 is 0. The largest absolute Gasteiger partial charge is 0.314 e. The highest BCUT2D eigenvalue weighted by molar-refractivity contribution is 7.86. The quantitative estimate of drug-likeness (QED) is 0.248. The highest BCUT2D eigenvalue weighted by atomic mass is 32.2. The fraction of sp³-hybridized carbons (Fsp3) is 1.00. The summed E-state index contributed by atoms with van der Waals surface area (Å²) in [5.41, 5.74) is 0. The minimum Gasteiger partial charge on any atom is -0.194 e. The van der Waals surface area contributed by atoms with Crippen LogP contribution in [-0.2, 0) is 14.4 Å². The van der Waals surface area contributed by atoms with Gasteiger partial charge in [-0.2, -0.15) is 13.1 Å². The number of quaternary nitrogens is 1. The van der Waals surface area contributed by atoms with Gasteiger partial charge < -0.3 is 0 Å². The van der Waals surface area contributed by atoms with E-state index in [0.717, 1.165) is 19.4 Å². The van der Waals surface area contributed by atoms with Gasteiger partial charge in [0.25, 0.3) is 0 Å². The highest BCUT2D eigenvalue weighted by Crippen LogP contribution is 2.13. The van der Waals surface area contributed by atoms with E-state index in [9.17, 15) is 8.42 Å². The third-order valence-corrected chi connectivity index (χ3v) is 5.36. The summed E-state index contributed by atoms with van der Waals surface area (Å²) in [5, 5.41) is 0. The van der Waals surface area contributed by atoms with Gasteiger partial charge in [-0.25, -0.2) is 0 Å². The van der Waals surface area contributed by atoms with Crippen LogP contribution in [0.3, 0.4) is 0 Å². The lowest BCUT2D eigenvalue weighted by Crippen LogP contribution is -2.42. The Morgan fingerprint density at radius 1 is 0.727 bits per heavy atom. The molecule has 5 heteroatoms. The van der Waals surface area contributed by atoms with E-state index < -0.39 is 10.1 Å². The Morgan fingerprint density at radius 2 is 1.18 bits per heavy atom. The van der Waals surface area contributed by atoms with Gasteiger partial charge in [0.2, 0.25) is 0 Å². The summed E-state index contributed by atoms with van der Waals surface area (Å²) in [6.45, 7) is 4.85. The predicted octanol–water partition coefficient (Wildman–Crippen LogP) is 4.66. The Kier molecular flexibility index (Phi) is 12.2. The molecular weight excluding hydrogens is 298 g/mol. The molecule has 0 heterocycles. The van der Waals surface area contributed by atoms with Crippen molar-refractivity contribution in [3.63, 3.8) is 0 Å². The molecule has 0 aliphatic carbocycles. The van der Waals surface area contributed by atoms with Crippen LogP contribution in [0.2, 0.25) is 0 Å². The Balaban J connectivity index is 3.61. The maximum absolute atomic E-state index is 11.7. The lowest BCUT2D eigenvalue weighted by molar-refractivity contribution is -1.05. The van der Waals surface area contributed by atoms with E-state index in [-0.39, 0.29) is 10.4 Å². The number of hydroxylamine groups is 3. The van der Waals surface area contributed by atoms with Crippen molar-refractivity contribution < 1.29 is 17.3 Å². The molecule has 0 spiro atoms. The van der Waals surface area contributed by atoms with Crippen molar-refractivity contribution in [2.75, 3.05) is 26.4 Å². The minimum absolute atomic E-state index is 0.104. The first-order chi connectivity index (χ1) is 10.3. The molecule has 0 aliphatic rings. The van der Waals surface area contributed by atoms with Gasteiger partial charge in [-0.3, -0.25) is 0 Å². The van der Waals surface area contributed by atoms with Crippen molar-refractivity contribution in [1.82, 2.24) is 0 Å². The van der Waals surface area contributed by atoms with E-state index in [1.165, 1.54) is 51.4 Å². The minimum atomic E-state index is -3.38. The molecule has 0 bridgehead atoms. The van der Waals surface area contributed by atoms with Crippen LogP contribution >= 0.6 is 0 Å². The van der Waals surface area contributed by atoms with Crippen LogP contribution in [0.25, 0.3) is 0 Å². The number of rotatable bonds is 15. The second-order valence-corrected chi connectivity index (χ2v) is 8.49. The number of unbranched alkanes of at least 4 members (excludes halogenated alkanes) is 9. The fourth-order valence-electron chi connectivity index (χ4n) is 2.61. The monoisotopic (exact) mass is 336 g/mol. The lowest BCUT2D eigenvalue weighted by atomic mass is 10.1. The van der Waals surface area contributed by atoms with E-state index in [4.69, 9.17) is 4.28 Å². The van der Waals surface area contributed by atoms with Gasteiger partial charge in [-0.1, -0.05) is 69.5 Å². The average Bonchev–Trinajstić information content (AvgIpc) is 2.39. The standard InChI is InChI=1S/C17H38NO3S/c1-5-7-8-9-10-11-12-13-14-15-16-18(3,4)21-22(19,20)17-6-2/h5-17H2,1-4H3/q+1. The Morgan fingerprint density at radius 3 is 1.64 bits per heavy atom. The smallest absolute Gasteiger partial charge is 0.194 e. The summed E-state index contributed by atoms with van der Waals surface area (Å²) in [6.07, 6.45) is 13.5. The molecule has 0 N–H and O–H groups in total. The van der Waals surface area contributed by atoms with Crippen molar-refractivity contribution in [3.8, 4) is 0 Å². The van der Waals surface area contributed by atoms with Crippen LogP contribution in [0.4, 0.5) is 0 Å². The molecule has 134 valence electrons. The SMILES string of the molecule is CCCCCCCCCCCC[N+](C)(C)OS(=O)(=O)CCC. The third kappa shape index (κ3) is 13.5. The molecule has 0 fully saturated rings. The molecule has 0 rings (SSSR count).